The first-order valence-corrected chi connectivity index (χ1v) is 8.36. The normalized spacial score (nSPS) is 12.7. The molecule has 0 aliphatic carbocycles. The van der Waals surface area contributed by atoms with Crippen LogP contribution in [0.15, 0.2) is 54.6 Å². The van der Waals surface area contributed by atoms with Crippen molar-refractivity contribution in [2.75, 3.05) is 18.5 Å². The molecule has 1 amide bonds. The zero-order valence-electron chi connectivity index (χ0n) is 15.1. The first-order valence-electron chi connectivity index (χ1n) is 8.36. The number of benzene rings is 2. The van der Waals surface area contributed by atoms with Gasteiger partial charge in [0.2, 0.25) is 5.91 Å². The van der Waals surface area contributed by atoms with Gasteiger partial charge in [0, 0.05) is 13.1 Å². The highest BCUT2D eigenvalue weighted by Crippen LogP contribution is 2.28. The number of para-hydroxylation sites is 2. The van der Waals surface area contributed by atoms with E-state index >= 15 is 0 Å². The number of nitrogens with zero attached hydrogens (tertiary/aromatic N) is 2. The molecule has 0 radical (unpaired) electrons. The molecule has 0 fully saturated rings. The lowest BCUT2D eigenvalue weighted by molar-refractivity contribution is -0.384. The monoisotopic (exact) mass is 371 g/mol. The van der Waals surface area contributed by atoms with Gasteiger partial charge in [-0.1, -0.05) is 49.4 Å². The maximum Gasteiger partial charge on any atom is 0.334 e. The van der Waals surface area contributed by atoms with Crippen molar-refractivity contribution < 1.29 is 19.6 Å². The van der Waals surface area contributed by atoms with Gasteiger partial charge in [-0.3, -0.25) is 14.9 Å². The Balaban J connectivity index is 2.24. The molecule has 2 N–H and O–H groups in total. The van der Waals surface area contributed by atoms with Crippen molar-refractivity contribution in [1.29, 1.82) is 0 Å². The number of nitro benzene ring substituents is 1. The van der Waals surface area contributed by atoms with Crippen LogP contribution < -0.4 is 10.2 Å². The van der Waals surface area contributed by atoms with Crippen molar-refractivity contribution in [3.8, 4) is 0 Å². The molecule has 8 nitrogen and oxygen atoms in total. The highest BCUT2D eigenvalue weighted by Gasteiger charge is 2.40. The number of carboxylic acids is 1. The van der Waals surface area contributed by atoms with Gasteiger partial charge in [-0.2, -0.15) is 0 Å². The Bertz CT molecular complexity index is 840. The van der Waals surface area contributed by atoms with Crippen LogP contribution in [0.1, 0.15) is 18.9 Å². The summed E-state index contributed by atoms with van der Waals surface area (Å²) in [4.78, 5) is 36.6. The summed E-state index contributed by atoms with van der Waals surface area (Å²) in [6.07, 6.45) is 0.146. The molecule has 0 aliphatic heterocycles. The molecule has 0 bridgehead atoms. The van der Waals surface area contributed by atoms with Crippen LogP contribution in [0.3, 0.4) is 0 Å². The molecule has 2 aromatic carbocycles. The second-order valence-electron chi connectivity index (χ2n) is 6.08. The summed E-state index contributed by atoms with van der Waals surface area (Å²) in [5.74, 6) is -1.72. The predicted octanol–water partition coefficient (Wildman–Crippen LogP) is 2.54. The average molecular weight is 371 g/mol. The Kier molecular flexibility index (Phi) is 6.12. The van der Waals surface area contributed by atoms with Crippen molar-refractivity contribution in [2.45, 2.75) is 18.9 Å². The second-order valence-corrected chi connectivity index (χ2v) is 6.08. The van der Waals surface area contributed by atoms with Crippen LogP contribution in [0, 0.1) is 10.1 Å². The fourth-order valence-electron chi connectivity index (χ4n) is 2.93. The van der Waals surface area contributed by atoms with E-state index in [2.05, 4.69) is 5.32 Å². The molecule has 8 heteroatoms. The quantitative estimate of drug-likeness (QED) is 0.545. The third kappa shape index (κ3) is 4.22. The number of nitro groups is 1. The number of nitrogens with one attached hydrogen (secondary N) is 1. The standard InChI is InChI=1S/C19H21N3O5/c1-3-19(18(24)25,14-9-5-4-6-10-14)20-17(23)13-21(2)15-11-7-8-12-16(15)22(26)27/h4-12H,3,13H2,1-2H3,(H,20,23)(H,24,25). The number of hydrogen-bond acceptors (Lipinski definition) is 5. The van der Waals surface area contributed by atoms with Crippen LogP contribution in [0.5, 0.6) is 0 Å². The Labute approximate surface area is 156 Å². The SMILES string of the molecule is CCC(NC(=O)CN(C)c1ccccc1[N+](=O)[O-])(C(=O)O)c1ccccc1. The van der Waals surface area contributed by atoms with Crippen molar-refractivity contribution >= 4 is 23.3 Å². The lowest BCUT2D eigenvalue weighted by atomic mass is 9.87. The lowest BCUT2D eigenvalue weighted by Gasteiger charge is -2.31. The van der Waals surface area contributed by atoms with Gasteiger partial charge in [0.05, 0.1) is 11.5 Å². The summed E-state index contributed by atoms with van der Waals surface area (Å²) in [5.41, 5.74) is -0.964. The summed E-state index contributed by atoms with van der Waals surface area (Å²) in [6.45, 7) is 1.44. The van der Waals surface area contributed by atoms with Gasteiger partial charge in [-0.25, -0.2) is 4.79 Å². The van der Waals surface area contributed by atoms with Gasteiger partial charge < -0.3 is 15.3 Å². The molecule has 2 rings (SSSR count). The Morgan fingerprint density at radius 1 is 1.15 bits per heavy atom. The van der Waals surface area contributed by atoms with E-state index in [4.69, 9.17) is 0 Å². The topological polar surface area (TPSA) is 113 Å². The summed E-state index contributed by atoms with van der Waals surface area (Å²) in [5, 5.41) is 23.5. The van der Waals surface area contributed by atoms with Crippen LogP contribution in [-0.4, -0.2) is 35.5 Å². The van der Waals surface area contributed by atoms with Crippen LogP contribution in [-0.2, 0) is 15.1 Å². The number of rotatable bonds is 8. The second kappa shape index (κ2) is 8.31. The molecule has 1 atom stereocenters. The minimum atomic E-state index is -1.57. The van der Waals surface area contributed by atoms with Crippen LogP contribution in [0.2, 0.25) is 0 Å². The summed E-state index contributed by atoms with van der Waals surface area (Å²) in [6, 6.07) is 14.5. The molecular weight excluding hydrogens is 350 g/mol. The van der Waals surface area contributed by atoms with Crippen LogP contribution >= 0.6 is 0 Å². The van der Waals surface area contributed by atoms with Crippen molar-refractivity contribution in [1.82, 2.24) is 5.32 Å². The van der Waals surface area contributed by atoms with Gasteiger partial charge in [0.15, 0.2) is 5.54 Å². The molecule has 0 heterocycles. The molecule has 142 valence electrons. The number of hydrogen-bond donors (Lipinski definition) is 2. The number of carbonyl (C=O) groups excluding carboxylic acids is 1. The molecule has 0 aliphatic rings. The number of carbonyl (C=O) groups is 2. The maximum atomic E-state index is 12.6. The molecule has 1 unspecified atom stereocenters. The van der Waals surface area contributed by atoms with E-state index in [0.717, 1.165) is 0 Å². The first kappa shape index (κ1) is 19.9. The Morgan fingerprint density at radius 2 is 1.74 bits per heavy atom. The number of aliphatic carboxylic acids is 1. The summed E-state index contributed by atoms with van der Waals surface area (Å²) in [7, 11) is 1.54. The molecule has 0 saturated heterocycles. The van der Waals surface area contributed by atoms with Gasteiger partial charge in [-0.15, -0.1) is 0 Å². The third-order valence-corrected chi connectivity index (χ3v) is 4.39. The number of carboxylic acid groups (broad SMARTS) is 1. The predicted molar refractivity (Wildman–Crippen MR) is 101 cm³/mol. The molecule has 0 saturated carbocycles. The van der Waals surface area contributed by atoms with Gasteiger partial charge >= 0.3 is 5.97 Å². The number of likely N-dealkylation sites (N-methyl/N-ethyl adjacent to an activating group) is 1. The Morgan fingerprint density at radius 3 is 2.30 bits per heavy atom. The highest BCUT2D eigenvalue weighted by atomic mass is 16.6. The van der Waals surface area contributed by atoms with Gasteiger partial charge in [0.1, 0.15) is 5.69 Å². The fourth-order valence-corrected chi connectivity index (χ4v) is 2.93. The van der Waals surface area contributed by atoms with E-state index in [-0.39, 0.29) is 24.3 Å². The van der Waals surface area contributed by atoms with E-state index in [1.165, 1.54) is 23.1 Å². The minimum Gasteiger partial charge on any atom is -0.479 e. The van der Waals surface area contributed by atoms with Gasteiger partial charge in [-0.05, 0) is 18.1 Å². The van der Waals surface area contributed by atoms with E-state index in [1.807, 2.05) is 0 Å². The van der Waals surface area contributed by atoms with Crippen molar-refractivity contribution in [2.24, 2.45) is 0 Å². The smallest absolute Gasteiger partial charge is 0.334 e. The van der Waals surface area contributed by atoms with E-state index in [9.17, 15) is 24.8 Å². The first-order chi connectivity index (χ1) is 12.8. The summed E-state index contributed by atoms with van der Waals surface area (Å²) >= 11 is 0. The van der Waals surface area contributed by atoms with Crippen molar-refractivity contribution in [3.63, 3.8) is 0 Å². The minimum absolute atomic E-state index is 0.129. The van der Waals surface area contributed by atoms with E-state index in [1.54, 1.807) is 50.4 Å². The zero-order chi connectivity index (χ0) is 20.0. The zero-order valence-corrected chi connectivity index (χ0v) is 15.1. The van der Waals surface area contributed by atoms with Gasteiger partial charge in [0.25, 0.3) is 5.69 Å². The Hall–Kier alpha value is -3.42. The van der Waals surface area contributed by atoms with Crippen LogP contribution in [0.25, 0.3) is 0 Å². The van der Waals surface area contributed by atoms with Crippen molar-refractivity contribution in [3.05, 3.63) is 70.3 Å². The molecule has 2 aromatic rings. The molecule has 0 aromatic heterocycles. The summed E-state index contributed by atoms with van der Waals surface area (Å²) < 4.78 is 0. The highest BCUT2D eigenvalue weighted by molar-refractivity contribution is 5.90. The third-order valence-electron chi connectivity index (χ3n) is 4.39. The van der Waals surface area contributed by atoms with E-state index in [0.29, 0.717) is 5.56 Å². The largest absolute Gasteiger partial charge is 0.479 e. The van der Waals surface area contributed by atoms with E-state index < -0.39 is 22.3 Å². The number of anilines is 1. The average Bonchev–Trinajstić information content (AvgIpc) is 2.66. The maximum absolute atomic E-state index is 12.6. The molecule has 0 spiro atoms. The lowest BCUT2D eigenvalue weighted by Crippen LogP contribution is -2.53. The molecule has 27 heavy (non-hydrogen) atoms. The van der Waals surface area contributed by atoms with Crippen LogP contribution in [0.4, 0.5) is 11.4 Å². The fraction of sp³-hybridized carbons (Fsp3) is 0.263. The molecular formula is C19H21N3O5. The number of amides is 1.